The lowest BCUT2D eigenvalue weighted by Crippen LogP contribution is -1.90. The topological polar surface area (TPSA) is 64.9 Å². The molecule has 0 saturated carbocycles. The number of nitrogen functional groups attached to an aromatic ring is 1. The number of anilines is 1. The van der Waals surface area contributed by atoms with E-state index in [1.807, 2.05) is 0 Å². The third-order valence-corrected chi connectivity index (χ3v) is 2.80. The van der Waals surface area contributed by atoms with E-state index in [9.17, 15) is 8.78 Å². The molecule has 0 saturated heterocycles. The van der Waals surface area contributed by atoms with Crippen LogP contribution in [0.3, 0.4) is 0 Å². The van der Waals surface area contributed by atoms with Crippen LogP contribution in [0.4, 0.5) is 14.7 Å². The highest BCUT2D eigenvalue weighted by atomic mass is 19.1. The number of rotatable bonds is 2. The third kappa shape index (κ3) is 2.11. The van der Waals surface area contributed by atoms with Crippen molar-refractivity contribution in [1.29, 1.82) is 0 Å². The number of hydrogen-bond donors (Lipinski definition) is 1. The van der Waals surface area contributed by atoms with Crippen LogP contribution in [0.2, 0.25) is 0 Å². The maximum Gasteiger partial charge on any atom is 0.230 e. The van der Waals surface area contributed by atoms with E-state index in [0.29, 0.717) is 16.8 Å². The number of benzene rings is 1. The van der Waals surface area contributed by atoms with Crippen LogP contribution in [0, 0.1) is 11.6 Å². The summed E-state index contributed by atoms with van der Waals surface area (Å²) < 4.78 is 31.6. The van der Waals surface area contributed by atoms with Gasteiger partial charge in [-0.05, 0) is 29.8 Å². The van der Waals surface area contributed by atoms with Crippen LogP contribution >= 0.6 is 0 Å². The van der Waals surface area contributed by atoms with Gasteiger partial charge in [-0.15, -0.1) is 0 Å². The summed E-state index contributed by atoms with van der Waals surface area (Å²) in [4.78, 5) is 3.97. The summed E-state index contributed by atoms with van der Waals surface area (Å²) in [5.74, 6) is -1.40. The average Bonchev–Trinajstić information content (AvgIpc) is 2.80. The number of halogens is 2. The fraction of sp³-hybridized carbons (Fsp3) is 0. The molecule has 2 aromatic heterocycles. The van der Waals surface area contributed by atoms with E-state index in [0.717, 1.165) is 6.07 Å². The van der Waals surface area contributed by atoms with Gasteiger partial charge in [-0.2, -0.15) is 0 Å². The Balaban J connectivity index is 2.22. The molecule has 4 nitrogen and oxygen atoms in total. The minimum absolute atomic E-state index is 0.00569. The normalized spacial score (nSPS) is 10.7. The van der Waals surface area contributed by atoms with Crippen LogP contribution in [0.25, 0.3) is 22.4 Å². The van der Waals surface area contributed by atoms with E-state index in [4.69, 9.17) is 10.3 Å². The molecule has 20 heavy (non-hydrogen) atoms. The zero-order chi connectivity index (χ0) is 14.1. The molecule has 2 N–H and O–H groups in total. The Hall–Kier alpha value is -2.76. The first-order valence-electron chi connectivity index (χ1n) is 5.77. The van der Waals surface area contributed by atoms with Gasteiger partial charge in [-0.1, -0.05) is 5.16 Å². The van der Waals surface area contributed by atoms with Crippen molar-refractivity contribution in [2.75, 3.05) is 5.73 Å². The van der Waals surface area contributed by atoms with Crippen LogP contribution in [0.5, 0.6) is 0 Å². The molecule has 0 fully saturated rings. The largest absolute Gasteiger partial charge is 0.367 e. The quantitative estimate of drug-likeness (QED) is 0.778. The van der Waals surface area contributed by atoms with Gasteiger partial charge in [0.25, 0.3) is 0 Å². The van der Waals surface area contributed by atoms with Gasteiger partial charge in [0.15, 0.2) is 0 Å². The molecular weight excluding hydrogens is 264 g/mol. The van der Waals surface area contributed by atoms with Crippen molar-refractivity contribution in [2.45, 2.75) is 0 Å². The van der Waals surface area contributed by atoms with Gasteiger partial charge < -0.3 is 10.3 Å². The van der Waals surface area contributed by atoms with Gasteiger partial charge in [-0.25, -0.2) is 8.78 Å². The SMILES string of the molecule is Nc1onc(-c2cccnc2)c1-c1cc(F)cc(F)c1. The summed E-state index contributed by atoms with van der Waals surface area (Å²) in [5, 5.41) is 3.84. The molecule has 2 heterocycles. The van der Waals surface area contributed by atoms with Crippen molar-refractivity contribution in [1.82, 2.24) is 10.1 Å². The van der Waals surface area contributed by atoms with E-state index >= 15 is 0 Å². The zero-order valence-corrected chi connectivity index (χ0v) is 10.2. The van der Waals surface area contributed by atoms with Crippen LogP contribution in [-0.2, 0) is 0 Å². The molecule has 0 radical (unpaired) electrons. The summed E-state index contributed by atoms with van der Waals surface area (Å²) in [6.45, 7) is 0. The summed E-state index contributed by atoms with van der Waals surface area (Å²) in [7, 11) is 0. The Kier molecular flexibility index (Phi) is 2.90. The Bertz CT molecular complexity index is 736. The molecular formula is C14H9F2N3O. The molecule has 0 spiro atoms. The van der Waals surface area contributed by atoms with Gasteiger partial charge in [0, 0.05) is 24.0 Å². The predicted molar refractivity (Wildman–Crippen MR) is 69.5 cm³/mol. The highest BCUT2D eigenvalue weighted by molar-refractivity contribution is 5.86. The van der Waals surface area contributed by atoms with Gasteiger partial charge in [-0.3, -0.25) is 4.98 Å². The zero-order valence-electron chi connectivity index (χ0n) is 10.2. The Labute approximate surface area is 112 Å². The molecule has 6 heteroatoms. The van der Waals surface area contributed by atoms with Crippen molar-refractivity contribution in [3.8, 4) is 22.4 Å². The maximum absolute atomic E-state index is 13.3. The van der Waals surface area contributed by atoms with E-state index in [2.05, 4.69) is 10.1 Å². The van der Waals surface area contributed by atoms with Gasteiger partial charge in [0.1, 0.15) is 17.3 Å². The molecule has 0 unspecified atom stereocenters. The monoisotopic (exact) mass is 273 g/mol. The lowest BCUT2D eigenvalue weighted by atomic mass is 10.0. The Morgan fingerprint density at radius 2 is 1.80 bits per heavy atom. The van der Waals surface area contributed by atoms with E-state index < -0.39 is 11.6 Å². The summed E-state index contributed by atoms with van der Waals surface area (Å²) >= 11 is 0. The van der Waals surface area contributed by atoms with Crippen molar-refractivity contribution in [3.63, 3.8) is 0 Å². The van der Waals surface area contributed by atoms with Crippen molar-refractivity contribution in [3.05, 3.63) is 54.4 Å². The fourth-order valence-electron chi connectivity index (χ4n) is 1.98. The second-order valence-electron chi connectivity index (χ2n) is 4.17. The number of pyridine rings is 1. The van der Waals surface area contributed by atoms with Crippen LogP contribution in [0.15, 0.2) is 47.2 Å². The van der Waals surface area contributed by atoms with Gasteiger partial charge in [0.2, 0.25) is 5.88 Å². The summed E-state index contributed by atoms with van der Waals surface area (Å²) in [6.07, 6.45) is 3.17. The van der Waals surface area contributed by atoms with Crippen LogP contribution < -0.4 is 5.73 Å². The van der Waals surface area contributed by atoms with Crippen LogP contribution in [0.1, 0.15) is 0 Å². The molecule has 100 valence electrons. The highest BCUT2D eigenvalue weighted by Gasteiger charge is 2.18. The standard InChI is InChI=1S/C14H9F2N3O/c15-10-4-9(5-11(16)6-10)12-13(19-20-14(12)17)8-2-1-3-18-7-8/h1-7H,17H2. The molecule has 0 atom stereocenters. The number of nitrogens with zero attached hydrogens (tertiary/aromatic N) is 2. The number of hydrogen-bond acceptors (Lipinski definition) is 4. The second-order valence-corrected chi connectivity index (χ2v) is 4.17. The average molecular weight is 273 g/mol. The minimum atomic E-state index is -0.697. The smallest absolute Gasteiger partial charge is 0.230 e. The molecule has 0 aliphatic carbocycles. The van der Waals surface area contributed by atoms with Crippen molar-refractivity contribution < 1.29 is 13.3 Å². The molecule has 0 bridgehead atoms. The summed E-state index contributed by atoms with van der Waals surface area (Å²) in [5.41, 5.74) is 7.36. The molecule has 0 aliphatic rings. The fourth-order valence-corrected chi connectivity index (χ4v) is 1.98. The number of nitrogens with two attached hydrogens (primary N) is 1. The van der Waals surface area contributed by atoms with Crippen molar-refractivity contribution >= 4 is 5.88 Å². The third-order valence-electron chi connectivity index (χ3n) is 2.80. The first-order chi connectivity index (χ1) is 9.65. The highest BCUT2D eigenvalue weighted by Crippen LogP contribution is 2.36. The molecule has 3 rings (SSSR count). The Morgan fingerprint density at radius 1 is 1.05 bits per heavy atom. The predicted octanol–water partition coefficient (Wildman–Crippen LogP) is 3.26. The number of aromatic nitrogens is 2. The first-order valence-corrected chi connectivity index (χ1v) is 5.77. The lowest BCUT2D eigenvalue weighted by Gasteiger charge is -2.03. The van der Waals surface area contributed by atoms with Gasteiger partial charge in [0.05, 0.1) is 5.56 Å². The molecule has 0 aliphatic heterocycles. The van der Waals surface area contributed by atoms with Gasteiger partial charge >= 0.3 is 0 Å². The molecule has 3 aromatic rings. The molecule has 0 amide bonds. The summed E-state index contributed by atoms with van der Waals surface area (Å²) in [6, 6.07) is 6.61. The van der Waals surface area contributed by atoms with Crippen molar-refractivity contribution in [2.24, 2.45) is 0 Å². The first kappa shape index (κ1) is 12.3. The van der Waals surface area contributed by atoms with E-state index in [1.54, 1.807) is 24.5 Å². The van der Waals surface area contributed by atoms with Crippen LogP contribution in [-0.4, -0.2) is 10.1 Å². The van der Waals surface area contributed by atoms with E-state index in [1.165, 1.54) is 12.1 Å². The minimum Gasteiger partial charge on any atom is -0.367 e. The Morgan fingerprint density at radius 3 is 2.45 bits per heavy atom. The lowest BCUT2D eigenvalue weighted by molar-refractivity contribution is 0.439. The maximum atomic E-state index is 13.3. The second kappa shape index (κ2) is 4.73. The van der Waals surface area contributed by atoms with E-state index in [-0.39, 0.29) is 11.4 Å². The molecule has 1 aromatic carbocycles.